The van der Waals surface area contributed by atoms with Crippen LogP contribution < -0.4 is 16.4 Å². The maximum absolute atomic E-state index is 11.5. The zero-order valence-corrected chi connectivity index (χ0v) is 10.1. The van der Waals surface area contributed by atoms with Gasteiger partial charge in [0.05, 0.1) is 6.04 Å². The fourth-order valence-electron chi connectivity index (χ4n) is 2.23. The summed E-state index contributed by atoms with van der Waals surface area (Å²) in [5, 5.41) is 5.32. The average molecular weight is 227 g/mol. The Bertz CT molecular complexity index is 280. The number of carbonyl (C=O) groups is 2. The molecule has 3 amide bonds. The molecule has 5 heteroatoms. The molecular weight excluding hydrogens is 206 g/mol. The third-order valence-electron chi connectivity index (χ3n) is 3.57. The second-order valence-electron chi connectivity index (χ2n) is 4.76. The highest BCUT2D eigenvalue weighted by molar-refractivity contribution is 5.96. The molecule has 0 spiro atoms. The second kappa shape index (κ2) is 5.30. The topological polar surface area (TPSA) is 84.2 Å². The Morgan fingerprint density at radius 1 is 1.31 bits per heavy atom. The van der Waals surface area contributed by atoms with Crippen molar-refractivity contribution in [2.75, 3.05) is 0 Å². The van der Waals surface area contributed by atoms with Crippen LogP contribution >= 0.6 is 0 Å². The minimum atomic E-state index is -0.800. The Labute approximate surface area is 96.1 Å². The van der Waals surface area contributed by atoms with Crippen LogP contribution in [0.1, 0.15) is 33.6 Å². The lowest BCUT2D eigenvalue weighted by atomic mass is 9.97. The van der Waals surface area contributed by atoms with E-state index >= 15 is 0 Å². The lowest BCUT2D eigenvalue weighted by molar-refractivity contribution is -0.121. The molecule has 0 aromatic rings. The Kier molecular flexibility index (Phi) is 4.29. The number of rotatable bonds is 3. The van der Waals surface area contributed by atoms with Gasteiger partial charge in [0.25, 0.3) is 0 Å². The fraction of sp³-hybridized carbons (Fsp3) is 0.818. The van der Waals surface area contributed by atoms with Crippen LogP contribution in [0.15, 0.2) is 0 Å². The molecule has 1 saturated carbocycles. The first-order valence-corrected chi connectivity index (χ1v) is 5.78. The number of urea groups is 1. The van der Waals surface area contributed by atoms with Crippen LogP contribution in [-0.4, -0.2) is 24.0 Å². The molecule has 0 aliphatic heterocycles. The Morgan fingerprint density at radius 2 is 1.94 bits per heavy atom. The average Bonchev–Trinajstić information content (AvgIpc) is 2.48. The number of amides is 3. The monoisotopic (exact) mass is 227 g/mol. The molecule has 1 aliphatic rings. The van der Waals surface area contributed by atoms with Gasteiger partial charge in [0, 0.05) is 6.04 Å². The molecule has 0 saturated heterocycles. The summed E-state index contributed by atoms with van der Waals surface area (Å²) in [6.45, 7) is 6.16. The third-order valence-corrected chi connectivity index (χ3v) is 3.57. The highest BCUT2D eigenvalue weighted by atomic mass is 16.2. The molecule has 5 nitrogen and oxygen atoms in total. The van der Waals surface area contributed by atoms with E-state index in [1.807, 2.05) is 0 Å². The molecule has 16 heavy (non-hydrogen) atoms. The first-order chi connectivity index (χ1) is 7.41. The van der Waals surface area contributed by atoms with Gasteiger partial charge in [-0.25, -0.2) is 4.79 Å². The van der Waals surface area contributed by atoms with E-state index in [4.69, 9.17) is 5.73 Å². The summed E-state index contributed by atoms with van der Waals surface area (Å²) < 4.78 is 0. The highest BCUT2D eigenvalue weighted by Gasteiger charge is 2.31. The number of hydrogen-bond donors (Lipinski definition) is 3. The molecule has 4 atom stereocenters. The van der Waals surface area contributed by atoms with Crippen LogP contribution in [0.25, 0.3) is 0 Å². The van der Waals surface area contributed by atoms with E-state index in [9.17, 15) is 9.59 Å². The predicted octanol–water partition coefficient (Wildman–Crippen LogP) is 0.594. The van der Waals surface area contributed by atoms with Gasteiger partial charge in [0.1, 0.15) is 0 Å². The van der Waals surface area contributed by atoms with E-state index in [2.05, 4.69) is 24.5 Å². The summed E-state index contributed by atoms with van der Waals surface area (Å²) in [5.74, 6) is 0.881. The maximum Gasteiger partial charge on any atom is 0.318 e. The van der Waals surface area contributed by atoms with Crippen molar-refractivity contribution >= 4 is 11.9 Å². The SMILES string of the molecule is CC(NC1CCC(C)C1C)C(=O)NC(N)=O. The van der Waals surface area contributed by atoms with Crippen molar-refractivity contribution in [3.05, 3.63) is 0 Å². The van der Waals surface area contributed by atoms with Gasteiger partial charge in [-0.05, 0) is 31.6 Å². The number of carbonyl (C=O) groups excluding carboxylic acids is 2. The van der Waals surface area contributed by atoms with Crippen molar-refractivity contribution in [3.63, 3.8) is 0 Å². The van der Waals surface area contributed by atoms with Crippen LogP contribution in [0.3, 0.4) is 0 Å². The number of primary amides is 1. The molecule has 92 valence electrons. The number of imide groups is 1. The van der Waals surface area contributed by atoms with E-state index in [0.29, 0.717) is 17.9 Å². The molecule has 0 bridgehead atoms. The van der Waals surface area contributed by atoms with Gasteiger partial charge in [-0.1, -0.05) is 13.8 Å². The van der Waals surface area contributed by atoms with Crippen molar-refractivity contribution in [2.24, 2.45) is 17.6 Å². The first kappa shape index (κ1) is 13.0. The maximum atomic E-state index is 11.5. The molecule has 4 N–H and O–H groups in total. The minimum absolute atomic E-state index is 0.351. The summed E-state index contributed by atoms with van der Waals surface area (Å²) in [4.78, 5) is 22.0. The van der Waals surface area contributed by atoms with E-state index in [1.54, 1.807) is 6.92 Å². The van der Waals surface area contributed by atoms with Crippen LogP contribution in [0.4, 0.5) is 4.79 Å². The van der Waals surface area contributed by atoms with E-state index < -0.39 is 6.03 Å². The van der Waals surface area contributed by atoms with Gasteiger partial charge >= 0.3 is 6.03 Å². The molecule has 0 heterocycles. The molecular formula is C11H21N3O2. The zero-order valence-electron chi connectivity index (χ0n) is 10.1. The standard InChI is InChI=1S/C11H21N3O2/c1-6-4-5-9(7(6)2)13-8(3)10(15)14-11(12)16/h6-9,13H,4-5H2,1-3H3,(H3,12,14,15,16). The largest absolute Gasteiger partial charge is 0.351 e. The number of nitrogens with two attached hydrogens (primary N) is 1. The zero-order chi connectivity index (χ0) is 12.3. The molecule has 1 rings (SSSR count). The van der Waals surface area contributed by atoms with Crippen molar-refractivity contribution in [2.45, 2.75) is 45.7 Å². The normalized spacial score (nSPS) is 31.1. The van der Waals surface area contributed by atoms with Crippen molar-refractivity contribution in [1.82, 2.24) is 10.6 Å². The smallest absolute Gasteiger partial charge is 0.318 e. The summed E-state index contributed by atoms with van der Waals surface area (Å²) in [5.41, 5.74) is 4.89. The van der Waals surface area contributed by atoms with Crippen molar-refractivity contribution in [3.8, 4) is 0 Å². The van der Waals surface area contributed by atoms with Gasteiger partial charge < -0.3 is 11.1 Å². The summed E-state index contributed by atoms with van der Waals surface area (Å²) in [6, 6.07) is -0.833. The van der Waals surface area contributed by atoms with Crippen molar-refractivity contribution in [1.29, 1.82) is 0 Å². The summed E-state index contributed by atoms with van der Waals surface area (Å²) >= 11 is 0. The number of nitrogens with one attached hydrogen (secondary N) is 2. The molecule has 4 unspecified atom stereocenters. The van der Waals surface area contributed by atoms with Crippen molar-refractivity contribution < 1.29 is 9.59 Å². The Hall–Kier alpha value is -1.10. The molecule has 1 fully saturated rings. The highest BCUT2D eigenvalue weighted by Crippen LogP contribution is 2.31. The number of hydrogen-bond acceptors (Lipinski definition) is 3. The molecule has 1 aliphatic carbocycles. The van der Waals surface area contributed by atoms with Gasteiger partial charge in [-0.15, -0.1) is 0 Å². The van der Waals surface area contributed by atoms with Crippen LogP contribution in [0.5, 0.6) is 0 Å². The minimum Gasteiger partial charge on any atom is -0.351 e. The summed E-state index contributed by atoms with van der Waals surface area (Å²) in [6.07, 6.45) is 2.26. The van der Waals surface area contributed by atoms with Crippen LogP contribution in [0, 0.1) is 11.8 Å². The Balaban J connectivity index is 2.42. The van der Waals surface area contributed by atoms with E-state index in [-0.39, 0.29) is 11.9 Å². The molecule has 0 radical (unpaired) electrons. The Morgan fingerprint density at radius 3 is 2.38 bits per heavy atom. The van der Waals surface area contributed by atoms with Crippen LogP contribution in [-0.2, 0) is 4.79 Å². The molecule has 0 aromatic heterocycles. The first-order valence-electron chi connectivity index (χ1n) is 5.78. The van der Waals surface area contributed by atoms with Gasteiger partial charge in [0.15, 0.2) is 0 Å². The lowest BCUT2D eigenvalue weighted by Crippen LogP contribution is -2.50. The van der Waals surface area contributed by atoms with Gasteiger partial charge in [-0.2, -0.15) is 0 Å². The predicted molar refractivity (Wildman–Crippen MR) is 61.7 cm³/mol. The van der Waals surface area contributed by atoms with E-state index in [1.165, 1.54) is 6.42 Å². The van der Waals surface area contributed by atoms with Crippen LogP contribution in [0.2, 0.25) is 0 Å². The quantitative estimate of drug-likeness (QED) is 0.660. The third kappa shape index (κ3) is 3.20. The molecule has 0 aromatic carbocycles. The fourth-order valence-corrected chi connectivity index (χ4v) is 2.23. The van der Waals surface area contributed by atoms with E-state index in [0.717, 1.165) is 6.42 Å². The van der Waals surface area contributed by atoms with Gasteiger partial charge in [0.2, 0.25) is 5.91 Å². The second-order valence-corrected chi connectivity index (χ2v) is 4.76. The summed E-state index contributed by atoms with van der Waals surface area (Å²) in [7, 11) is 0. The van der Waals surface area contributed by atoms with Gasteiger partial charge in [-0.3, -0.25) is 10.1 Å². The lowest BCUT2D eigenvalue weighted by Gasteiger charge is -2.23.